The molecule has 1 aromatic carbocycles. The van der Waals surface area contributed by atoms with Gasteiger partial charge in [-0.3, -0.25) is 14.4 Å². The van der Waals surface area contributed by atoms with Gasteiger partial charge in [-0.15, -0.1) is 0 Å². The molecule has 0 spiro atoms. The van der Waals surface area contributed by atoms with Crippen LogP contribution in [0, 0.1) is 11.8 Å². The molecule has 3 atom stereocenters. The zero-order chi connectivity index (χ0) is 24.6. The van der Waals surface area contributed by atoms with E-state index in [1.54, 1.807) is 13.8 Å². The molecule has 3 unspecified atom stereocenters. The number of carbonyl (C=O) groups is 3. The van der Waals surface area contributed by atoms with Gasteiger partial charge in [0.1, 0.15) is 6.54 Å². The zero-order valence-corrected chi connectivity index (χ0v) is 20.6. The average Bonchev–Trinajstić information content (AvgIpc) is 2.79. The van der Waals surface area contributed by atoms with Crippen molar-refractivity contribution in [1.82, 2.24) is 14.9 Å². The Kier molecular flexibility index (Phi) is 9.85. The van der Waals surface area contributed by atoms with E-state index in [1.807, 2.05) is 0 Å². The van der Waals surface area contributed by atoms with E-state index in [4.69, 9.17) is 4.74 Å². The second-order valence-electron chi connectivity index (χ2n) is 8.40. The first-order chi connectivity index (χ1) is 15.6. The van der Waals surface area contributed by atoms with Crippen molar-refractivity contribution < 1.29 is 27.5 Å². The molecule has 33 heavy (non-hydrogen) atoms. The number of benzene rings is 1. The molecular formula is C23H35N3O6S. The Balaban J connectivity index is 1.79. The second kappa shape index (κ2) is 12.1. The zero-order valence-electron chi connectivity index (χ0n) is 19.8. The molecule has 1 saturated carbocycles. The average molecular weight is 482 g/mol. The third-order valence-corrected chi connectivity index (χ3v) is 8.33. The van der Waals surface area contributed by atoms with Crippen LogP contribution in [0.5, 0.6) is 0 Å². The Bertz CT molecular complexity index is 928. The van der Waals surface area contributed by atoms with Gasteiger partial charge in [-0.2, -0.15) is 4.31 Å². The predicted octanol–water partition coefficient (Wildman–Crippen LogP) is 1.93. The largest absolute Gasteiger partial charge is 0.454 e. The molecule has 184 valence electrons. The lowest BCUT2D eigenvalue weighted by atomic mass is 9.78. The monoisotopic (exact) mass is 481 g/mol. The van der Waals surface area contributed by atoms with Crippen molar-refractivity contribution in [2.45, 2.75) is 57.9 Å². The second-order valence-corrected chi connectivity index (χ2v) is 10.3. The van der Waals surface area contributed by atoms with E-state index < -0.39 is 35.1 Å². The van der Waals surface area contributed by atoms with Crippen molar-refractivity contribution in [1.29, 1.82) is 0 Å². The van der Waals surface area contributed by atoms with Gasteiger partial charge in [-0.1, -0.05) is 40.5 Å². The molecule has 0 bridgehead atoms. The predicted molar refractivity (Wildman–Crippen MR) is 124 cm³/mol. The molecule has 1 fully saturated rings. The molecule has 2 N–H and O–H groups in total. The fourth-order valence-electron chi connectivity index (χ4n) is 3.98. The van der Waals surface area contributed by atoms with E-state index in [-0.39, 0.29) is 22.4 Å². The topological polar surface area (TPSA) is 122 Å². The quantitative estimate of drug-likeness (QED) is 0.493. The Hall–Kier alpha value is -2.46. The van der Waals surface area contributed by atoms with Crippen LogP contribution in [0.2, 0.25) is 0 Å². The van der Waals surface area contributed by atoms with E-state index in [2.05, 4.69) is 24.5 Å². The van der Waals surface area contributed by atoms with E-state index in [0.29, 0.717) is 24.9 Å². The molecule has 1 aliphatic rings. The maximum absolute atomic E-state index is 12.5. The Morgan fingerprint density at radius 1 is 1.06 bits per heavy atom. The minimum Gasteiger partial charge on any atom is -0.454 e. The van der Waals surface area contributed by atoms with Crippen LogP contribution in [0.15, 0.2) is 29.2 Å². The number of rotatable bonds is 10. The van der Waals surface area contributed by atoms with Crippen LogP contribution in [-0.2, 0) is 24.3 Å². The summed E-state index contributed by atoms with van der Waals surface area (Å²) in [5.74, 6) is -0.734. The van der Waals surface area contributed by atoms with Gasteiger partial charge >= 0.3 is 5.97 Å². The third-order valence-electron chi connectivity index (χ3n) is 6.27. The lowest BCUT2D eigenvalue weighted by Crippen LogP contribution is -2.45. The molecule has 0 aromatic heterocycles. The number of carbonyl (C=O) groups excluding carboxylic acids is 3. The number of amides is 2. The number of ether oxygens (including phenoxy) is 1. The van der Waals surface area contributed by atoms with Crippen molar-refractivity contribution >= 4 is 27.8 Å². The molecule has 1 aliphatic carbocycles. The summed E-state index contributed by atoms with van der Waals surface area (Å²) < 4.78 is 31.3. The summed E-state index contributed by atoms with van der Waals surface area (Å²) in [6.07, 6.45) is 3.12. The van der Waals surface area contributed by atoms with Crippen LogP contribution in [0.4, 0.5) is 0 Å². The Labute approximate surface area is 196 Å². The lowest BCUT2D eigenvalue weighted by Gasteiger charge is -2.34. The summed E-state index contributed by atoms with van der Waals surface area (Å²) >= 11 is 0. The number of nitrogens with one attached hydrogen (secondary N) is 2. The highest BCUT2D eigenvalue weighted by atomic mass is 32.2. The van der Waals surface area contributed by atoms with Crippen LogP contribution >= 0.6 is 0 Å². The van der Waals surface area contributed by atoms with Crippen molar-refractivity contribution in [3.8, 4) is 0 Å². The standard InChI is InChI=1S/C23H35N3O6S/c1-5-26(6-2)33(30,31)19-12-10-18(11-13-19)23(29)24-14-22(28)32-15-21(27)25-20-9-7-8-16(3)17(20)4/h10-13,16-17,20H,5-9,14-15H2,1-4H3,(H,24,29)(H,25,27). The minimum atomic E-state index is -3.61. The molecule has 10 heteroatoms. The highest BCUT2D eigenvalue weighted by molar-refractivity contribution is 7.89. The fraction of sp³-hybridized carbons (Fsp3) is 0.609. The van der Waals surface area contributed by atoms with Gasteiger partial charge in [0.15, 0.2) is 6.61 Å². The SMILES string of the molecule is CCN(CC)S(=O)(=O)c1ccc(C(=O)NCC(=O)OCC(=O)NC2CCCC(C)C2C)cc1. The summed E-state index contributed by atoms with van der Waals surface area (Å²) in [5.41, 5.74) is 0.208. The normalized spacial score (nSPS) is 20.8. The Morgan fingerprint density at radius 3 is 2.30 bits per heavy atom. The molecule has 0 aliphatic heterocycles. The van der Waals surface area contributed by atoms with E-state index in [1.165, 1.54) is 28.6 Å². The Morgan fingerprint density at radius 2 is 1.70 bits per heavy atom. The molecule has 0 radical (unpaired) electrons. The highest BCUT2D eigenvalue weighted by Crippen LogP contribution is 2.29. The molecular weight excluding hydrogens is 446 g/mol. The lowest BCUT2D eigenvalue weighted by molar-refractivity contribution is -0.147. The van der Waals surface area contributed by atoms with Crippen molar-refractivity contribution in [3.63, 3.8) is 0 Å². The van der Waals surface area contributed by atoms with Crippen LogP contribution in [-0.4, -0.2) is 62.8 Å². The van der Waals surface area contributed by atoms with Crippen molar-refractivity contribution in [2.75, 3.05) is 26.2 Å². The summed E-state index contributed by atoms with van der Waals surface area (Å²) in [6, 6.07) is 5.57. The smallest absolute Gasteiger partial charge is 0.325 e. The van der Waals surface area contributed by atoms with Crippen molar-refractivity contribution in [3.05, 3.63) is 29.8 Å². The fourth-order valence-corrected chi connectivity index (χ4v) is 5.43. The molecule has 0 heterocycles. The van der Waals surface area contributed by atoms with Gasteiger partial charge < -0.3 is 15.4 Å². The van der Waals surface area contributed by atoms with E-state index >= 15 is 0 Å². The molecule has 9 nitrogen and oxygen atoms in total. The maximum atomic E-state index is 12.5. The number of hydrogen-bond donors (Lipinski definition) is 2. The first kappa shape index (κ1) is 26.8. The summed E-state index contributed by atoms with van der Waals surface area (Å²) in [5, 5.41) is 5.34. The number of esters is 1. The third kappa shape index (κ3) is 7.26. The maximum Gasteiger partial charge on any atom is 0.325 e. The van der Waals surface area contributed by atoms with Crippen molar-refractivity contribution in [2.24, 2.45) is 11.8 Å². The first-order valence-corrected chi connectivity index (χ1v) is 12.9. The van der Waals surface area contributed by atoms with Crippen LogP contribution in [0.25, 0.3) is 0 Å². The summed E-state index contributed by atoms with van der Waals surface area (Å²) in [7, 11) is -3.61. The minimum absolute atomic E-state index is 0.0770. The van der Waals surface area contributed by atoms with E-state index in [0.717, 1.165) is 19.3 Å². The highest BCUT2D eigenvalue weighted by Gasteiger charge is 2.28. The first-order valence-electron chi connectivity index (χ1n) is 11.4. The van der Waals surface area contributed by atoms with Crippen LogP contribution in [0.1, 0.15) is 57.3 Å². The van der Waals surface area contributed by atoms with E-state index in [9.17, 15) is 22.8 Å². The number of hydrogen-bond acceptors (Lipinski definition) is 6. The summed E-state index contributed by atoms with van der Waals surface area (Å²) in [4.78, 5) is 36.4. The molecule has 2 amide bonds. The van der Waals surface area contributed by atoms with Gasteiger partial charge in [-0.25, -0.2) is 8.42 Å². The summed E-state index contributed by atoms with van der Waals surface area (Å²) in [6.45, 7) is 7.68. The van der Waals surface area contributed by atoms with Gasteiger partial charge in [0.2, 0.25) is 10.0 Å². The van der Waals surface area contributed by atoms with Gasteiger partial charge in [0.05, 0.1) is 4.90 Å². The van der Waals surface area contributed by atoms with Crippen LogP contribution in [0.3, 0.4) is 0 Å². The van der Waals surface area contributed by atoms with Gasteiger partial charge in [0.25, 0.3) is 11.8 Å². The molecule has 2 rings (SSSR count). The van der Waals surface area contributed by atoms with Gasteiger partial charge in [0, 0.05) is 24.7 Å². The number of sulfonamides is 1. The molecule has 0 saturated heterocycles. The van der Waals surface area contributed by atoms with Gasteiger partial charge in [-0.05, 0) is 42.5 Å². The van der Waals surface area contributed by atoms with Crippen LogP contribution < -0.4 is 10.6 Å². The number of nitrogens with zero attached hydrogens (tertiary/aromatic N) is 1. The molecule has 1 aromatic rings.